The fourth-order valence-corrected chi connectivity index (χ4v) is 6.07. The minimum Gasteiger partial charge on any atom is -0.343 e. The van der Waals surface area contributed by atoms with Crippen molar-refractivity contribution in [1.29, 1.82) is 5.26 Å². The molecule has 0 radical (unpaired) electrons. The molecular formula is C28H35N5OS. The number of allylic oxidation sites excluding steroid dienone is 4. The summed E-state index contributed by atoms with van der Waals surface area (Å²) in [4.78, 5) is 21.1. The minimum absolute atomic E-state index is 0.0138. The lowest BCUT2D eigenvalue weighted by Gasteiger charge is -2.40. The maximum Gasteiger partial charge on any atom is 0.225 e. The number of nitrogens with one attached hydrogen (secondary N) is 2. The summed E-state index contributed by atoms with van der Waals surface area (Å²) in [6.45, 7) is 9.20. The lowest BCUT2D eigenvalue weighted by atomic mass is 9.64. The van der Waals surface area contributed by atoms with Crippen LogP contribution in [0.5, 0.6) is 0 Å². The van der Waals surface area contributed by atoms with Crippen molar-refractivity contribution in [1.82, 2.24) is 20.5 Å². The number of thiazole rings is 1. The maximum absolute atomic E-state index is 13.5. The number of aromatic nitrogens is 1. The summed E-state index contributed by atoms with van der Waals surface area (Å²) >= 11 is 1.69. The number of nitriles is 1. The van der Waals surface area contributed by atoms with Crippen LogP contribution in [0, 0.1) is 23.2 Å². The Kier molecular flexibility index (Phi) is 8.50. The Morgan fingerprint density at radius 3 is 2.77 bits per heavy atom. The van der Waals surface area contributed by atoms with Gasteiger partial charge in [0.05, 0.1) is 24.2 Å². The van der Waals surface area contributed by atoms with Crippen molar-refractivity contribution in [2.24, 2.45) is 11.8 Å². The van der Waals surface area contributed by atoms with Gasteiger partial charge < -0.3 is 10.6 Å². The summed E-state index contributed by atoms with van der Waals surface area (Å²) in [5.74, 6) is -0.0762. The van der Waals surface area contributed by atoms with Gasteiger partial charge in [0.1, 0.15) is 11.6 Å². The molecule has 0 saturated carbocycles. The molecule has 7 heteroatoms. The molecule has 1 aromatic carbocycles. The van der Waals surface area contributed by atoms with Gasteiger partial charge in [0.15, 0.2) is 0 Å². The van der Waals surface area contributed by atoms with Gasteiger partial charge in [-0.1, -0.05) is 62.4 Å². The van der Waals surface area contributed by atoms with Gasteiger partial charge in [-0.05, 0) is 29.9 Å². The first-order valence-corrected chi connectivity index (χ1v) is 13.4. The van der Waals surface area contributed by atoms with E-state index >= 15 is 0 Å². The first-order valence-electron chi connectivity index (χ1n) is 12.5. The first kappa shape index (κ1) is 25.3. The summed E-state index contributed by atoms with van der Waals surface area (Å²) in [5, 5.41) is 18.6. The van der Waals surface area contributed by atoms with Crippen LogP contribution in [0.1, 0.15) is 43.0 Å². The van der Waals surface area contributed by atoms with Crippen LogP contribution >= 0.6 is 11.3 Å². The van der Waals surface area contributed by atoms with E-state index < -0.39 is 5.41 Å². The molecule has 184 valence electrons. The van der Waals surface area contributed by atoms with E-state index in [1.807, 2.05) is 6.07 Å². The average Bonchev–Trinajstić information content (AvgIpc) is 3.36. The second-order valence-electron chi connectivity index (χ2n) is 9.84. The Morgan fingerprint density at radius 1 is 1.29 bits per heavy atom. The topological polar surface area (TPSA) is 81.0 Å². The van der Waals surface area contributed by atoms with E-state index in [4.69, 9.17) is 10.2 Å². The summed E-state index contributed by atoms with van der Waals surface area (Å²) in [6.07, 6.45) is 7.84. The Hall–Kier alpha value is -2.79. The number of nitrogens with zero attached hydrogens (tertiary/aromatic N) is 3. The zero-order valence-corrected chi connectivity index (χ0v) is 21.5. The van der Waals surface area contributed by atoms with Crippen LogP contribution in [-0.2, 0) is 16.8 Å². The molecule has 4 rings (SSSR count). The van der Waals surface area contributed by atoms with Gasteiger partial charge >= 0.3 is 0 Å². The van der Waals surface area contributed by atoms with Crippen LogP contribution in [0.4, 0.5) is 0 Å². The third-order valence-electron chi connectivity index (χ3n) is 6.90. The third-order valence-corrected chi connectivity index (χ3v) is 7.74. The van der Waals surface area contributed by atoms with Crippen LogP contribution in [0.3, 0.4) is 0 Å². The van der Waals surface area contributed by atoms with Gasteiger partial charge in [-0.3, -0.25) is 9.69 Å². The summed E-state index contributed by atoms with van der Waals surface area (Å²) in [6, 6.07) is 12.4. The minimum atomic E-state index is -0.568. The number of hydrogen-bond donors (Lipinski definition) is 2. The molecule has 0 bridgehead atoms. The highest BCUT2D eigenvalue weighted by Crippen LogP contribution is 2.47. The summed E-state index contributed by atoms with van der Waals surface area (Å²) < 4.78 is 0. The molecule has 1 aromatic heterocycles. The number of rotatable bonds is 9. The fraction of sp³-hybridized carbons (Fsp3) is 0.464. The SMILES string of the molecule is CC(C)CC(C(=O)NCC#N)C1(c2csc(CN3CCNCC3)n2)C=CC=C(c2ccccc2)C1. The molecule has 1 fully saturated rings. The highest BCUT2D eigenvalue weighted by molar-refractivity contribution is 7.09. The van der Waals surface area contributed by atoms with Gasteiger partial charge in [0.2, 0.25) is 5.91 Å². The highest BCUT2D eigenvalue weighted by Gasteiger charge is 2.46. The Morgan fingerprint density at radius 2 is 2.06 bits per heavy atom. The van der Waals surface area contributed by atoms with E-state index in [0.29, 0.717) is 18.8 Å². The molecule has 35 heavy (non-hydrogen) atoms. The molecule has 2 atom stereocenters. The van der Waals surface area contributed by atoms with Gasteiger partial charge in [0.25, 0.3) is 0 Å². The number of amides is 1. The molecule has 2 aromatic rings. The molecule has 2 N–H and O–H groups in total. The zero-order valence-electron chi connectivity index (χ0n) is 20.7. The fourth-order valence-electron chi connectivity index (χ4n) is 5.14. The molecule has 1 aliphatic heterocycles. The van der Waals surface area contributed by atoms with Crippen molar-refractivity contribution < 1.29 is 4.79 Å². The van der Waals surface area contributed by atoms with E-state index in [1.165, 1.54) is 11.1 Å². The van der Waals surface area contributed by atoms with E-state index in [-0.39, 0.29) is 18.4 Å². The van der Waals surface area contributed by atoms with Crippen molar-refractivity contribution in [2.75, 3.05) is 32.7 Å². The quantitative estimate of drug-likeness (QED) is 0.518. The number of hydrogen-bond acceptors (Lipinski definition) is 6. The van der Waals surface area contributed by atoms with Crippen molar-refractivity contribution in [2.45, 2.75) is 38.6 Å². The first-order chi connectivity index (χ1) is 17.0. The second-order valence-corrected chi connectivity index (χ2v) is 10.8. The van der Waals surface area contributed by atoms with E-state index in [1.54, 1.807) is 11.3 Å². The predicted molar refractivity (Wildman–Crippen MR) is 142 cm³/mol. The van der Waals surface area contributed by atoms with E-state index in [0.717, 1.165) is 43.4 Å². The standard InChI is InChI=1S/C28H35N5OS/c1-21(2)17-24(27(34)31-12-11-29)28(10-6-9-23(18-28)22-7-4-3-5-8-22)25-20-35-26(32-25)19-33-15-13-30-14-16-33/h3-10,20-21,24,30H,12-19H2,1-2H3,(H,31,34). The molecule has 6 nitrogen and oxygen atoms in total. The van der Waals surface area contributed by atoms with E-state index in [2.05, 4.69) is 83.3 Å². The zero-order chi connectivity index (χ0) is 24.7. The van der Waals surface area contributed by atoms with Crippen LogP contribution in [0.25, 0.3) is 5.57 Å². The molecule has 1 saturated heterocycles. The lowest BCUT2D eigenvalue weighted by Crippen LogP contribution is -2.46. The van der Waals surface area contributed by atoms with Gasteiger partial charge in [-0.15, -0.1) is 11.3 Å². The maximum atomic E-state index is 13.5. The van der Waals surface area contributed by atoms with Crippen molar-refractivity contribution in [3.8, 4) is 6.07 Å². The number of carbonyl (C=O) groups excluding carboxylic acids is 1. The monoisotopic (exact) mass is 489 g/mol. The largest absolute Gasteiger partial charge is 0.343 e. The van der Waals surface area contributed by atoms with Crippen molar-refractivity contribution in [3.63, 3.8) is 0 Å². The molecule has 0 spiro atoms. The Balaban J connectivity index is 1.72. The normalized spacial score (nSPS) is 21.4. The Labute approximate surface area is 212 Å². The summed E-state index contributed by atoms with van der Waals surface area (Å²) in [5.41, 5.74) is 2.76. The molecular weight excluding hydrogens is 454 g/mol. The molecule has 2 aliphatic rings. The Bertz CT molecular complexity index is 1090. The van der Waals surface area contributed by atoms with Crippen LogP contribution < -0.4 is 10.6 Å². The smallest absolute Gasteiger partial charge is 0.225 e. The lowest BCUT2D eigenvalue weighted by molar-refractivity contribution is -0.127. The van der Waals surface area contributed by atoms with Gasteiger partial charge in [0, 0.05) is 37.0 Å². The molecule has 2 unspecified atom stereocenters. The molecule has 1 aliphatic carbocycles. The van der Waals surface area contributed by atoms with Crippen molar-refractivity contribution in [3.05, 3.63) is 70.2 Å². The van der Waals surface area contributed by atoms with Crippen LogP contribution in [0.2, 0.25) is 0 Å². The number of carbonyl (C=O) groups is 1. The van der Waals surface area contributed by atoms with Crippen LogP contribution in [0.15, 0.2) is 53.9 Å². The second kappa shape index (κ2) is 11.8. The highest BCUT2D eigenvalue weighted by atomic mass is 32.1. The molecule has 1 amide bonds. The third kappa shape index (κ3) is 6.07. The van der Waals surface area contributed by atoms with Gasteiger partial charge in [-0.25, -0.2) is 4.98 Å². The summed E-state index contributed by atoms with van der Waals surface area (Å²) in [7, 11) is 0. The van der Waals surface area contributed by atoms with Gasteiger partial charge in [-0.2, -0.15) is 5.26 Å². The average molecular weight is 490 g/mol. The predicted octanol–water partition coefficient (Wildman–Crippen LogP) is 4.13. The van der Waals surface area contributed by atoms with Crippen LogP contribution in [-0.4, -0.2) is 48.5 Å². The van der Waals surface area contributed by atoms with Crippen molar-refractivity contribution >= 4 is 22.8 Å². The van der Waals surface area contributed by atoms with E-state index in [9.17, 15) is 4.79 Å². The number of piperazine rings is 1. The molecule has 2 heterocycles. The number of benzene rings is 1.